The molecule has 0 fully saturated rings. The molecule has 1 aromatic heterocycles. The lowest BCUT2D eigenvalue weighted by atomic mass is 10.2. The van der Waals surface area contributed by atoms with Crippen LogP contribution in [-0.4, -0.2) is 21.0 Å². The normalized spacial score (nSPS) is 11.5. The first kappa shape index (κ1) is 14.5. The summed E-state index contributed by atoms with van der Waals surface area (Å²) in [7, 11) is 1.42. The minimum Gasteiger partial charge on any atom is -0.461 e. The summed E-state index contributed by atoms with van der Waals surface area (Å²) in [5.41, 5.74) is 0.549. The van der Waals surface area contributed by atoms with Gasteiger partial charge in [0.15, 0.2) is 0 Å². The van der Waals surface area contributed by atoms with Crippen LogP contribution >= 0.6 is 22.0 Å². The Morgan fingerprint density at radius 3 is 2.59 bits per heavy atom. The first-order chi connectivity index (χ1) is 7.91. The highest BCUT2D eigenvalue weighted by atomic mass is 35.7. The van der Waals surface area contributed by atoms with Crippen LogP contribution in [0.2, 0.25) is 0 Å². The minimum absolute atomic E-state index is 0.0605. The van der Waals surface area contributed by atoms with Gasteiger partial charge in [-0.25, -0.2) is 13.2 Å². The van der Waals surface area contributed by atoms with E-state index in [1.165, 1.54) is 0 Å². The van der Waals surface area contributed by atoms with Crippen LogP contribution in [0.3, 0.4) is 0 Å². The smallest absolute Gasteiger partial charge is 0.349 e. The van der Waals surface area contributed by atoms with Gasteiger partial charge in [-0.05, 0) is 23.8 Å². The van der Waals surface area contributed by atoms with E-state index in [1.54, 1.807) is 12.3 Å². The monoisotopic (exact) mass is 296 g/mol. The second-order valence-electron chi connectivity index (χ2n) is 3.35. The maximum absolute atomic E-state index is 11.7. The largest absolute Gasteiger partial charge is 0.461 e. The molecule has 96 valence electrons. The number of aryl methyl sites for hydroxylation is 1. The van der Waals surface area contributed by atoms with Gasteiger partial charge in [-0.1, -0.05) is 13.8 Å². The van der Waals surface area contributed by atoms with Gasteiger partial charge >= 0.3 is 5.97 Å². The molecule has 0 aliphatic carbocycles. The molecule has 0 radical (unpaired) electrons. The molecule has 4 nitrogen and oxygen atoms in total. The Balaban J connectivity index is 3.17. The van der Waals surface area contributed by atoms with Gasteiger partial charge in [0, 0.05) is 10.7 Å². The summed E-state index contributed by atoms with van der Waals surface area (Å²) >= 11 is 1.05. The van der Waals surface area contributed by atoms with Crippen LogP contribution in [-0.2, 0) is 20.2 Å². The molecule has 0 amide bonds. The first-order valence-corrected chi connectivity index (χ1v) is 8.32. The van der Waals surface area contributed by atoms with Crippen LogP contribution in [0.1, 0.15) is 35.5 Å². The van der Waals surface area contributed by atoms with Crippen molar-refractivity contribution in [1.82, 2.24) is 0 Å². The Morgan fingerprint density at radius 1 is 1.47 bits per heavy atom. The third-order valence-corrected chi connectivity index (χ3v) is 4.62. The van der Waals surface area contributed by atoms with Crippen LogP contribution in [0.4, 0.5) is 0 Å². The molecule has 7 heteroatoms. The van der Waals surface area contributed by atoms with Crippen molar-refractivity contribution in [2.24, 2.45) is 0 Å². The van der Waals surface area contributed by atoms with Crippen molar-refractivity contribution in [3.8, 4) is 0 Å². The SMILES string of the molecule is CCCOC(=O)c1scc(CC)c1S(=O)(=O)Cl. The van der Waals surface area contributed by atoms with Crippen LogP contribution in [0.5, 0.6) is 0 Å². The highest BCUT2D eigenvalue weighted by Gasteiger charge is 2.27. The van der Waals surface area contributed by atoms with Crippen molar-refractivity contribution in [2.75, 3.05) is 6.61 Å². The molecule has 0 aliphatic heterocycles. The quantitative estimate of drug-likeness (QED) is 0.619. The number of esters is 1. The average molecular weight is 297 g/mol. The lowest BCUT2D eigenvalue weighted by Crippen LogP contribution is -2.08. The van der Waals surface area contributed by atoms with Crippen molar-refractivity contribution in [3.63, 3.8) is 0 Å². The number of ether oxygens (including phenoxy) is 1. The van der Waals surface area contributed by atoms with E-state index >= 15 is 0 Å². The Hall–Kier alpha value is -0.590. The third kappa shape index (κ3) is 3.43. The Morgan fingerprint density at radius 2 is 2.12 bits per heavy atom. The highest BCUT2D eigenvalue weighted by Crippen LogP contribution is 2.31. The number of thiophene rings is 1. The van der Waals surface area contributed by atoms with Crippen molar-refractivity contribution in [3.05, 3.63) is 15.8 Å². The van der Waals surface area contributed by atoms with E-state index in [9.17, 15) is 13.2 Å². The van der Waals surface area contributed by atoms with E-state index in [0.29, 0.717) is 18.4 Å². The Bertz CT molecular complexity index is 504. The van der Waals surface area contributed by atoms with E-state index in [2.05, 4.69) is 0 Å². The molecule has 0 atom stereocenters. The molecule has 1 heterocycles. The van der Waals surface area contributed by atoms with Crippen LogP contribution < -0.4 is 0 Å². The van der Waals surface area contributed by atoms with Crippen LogP contribution in [0.25, 0.3) is 0 Å². The number of rotatable bonds is 5. The summed E-state index contributed by atoms with van der Waals surface area (Å²) in [6, 6.07) is 0. The van der Waals surface area contributed by atoms with Gasteiger partial charge in [0.2, 0.25) is 0 Å². The molecule has 0 spiro atoms. The van der Waals surface area contributed by atoms with Crippen molar-refractivity contribution in [2.45, 2.75) is 31.6 Å². The highest BCUT2D eigenvalue weighted by molar-refractivity contribution is 8.14. The fourth-order valence-electron chi connectivity index (χ4n) is 1.30. The third-order valence-electron chi connectivity index (χ3n) is 2.06. The fourth-order valence-corrected chi connectivity index (χ4v) is 4.27. The van der Waals surface area contributed by atoms with E-state index in [0.717, 1.165) is 11.3 Å². The van der Waals surface area contributed by atoms with E-state index < -0.39 is 15.0 Å². The van der Waals surface area contributed by atoms with Gasteiger partial charge in [-0.15, -0.1) is 11.3 Å². The molecular weight excluding hydrogens is 284 g/mol. The van der Waals surface area contributed by atoms with Gasteiger partial charge in [0.05, 0.1) is 6.61 Å². The van der Waals surface area contributed by atoms with Gasteiger partial charge in [0.25, 0.3) is 9.05 Å². The number of carbonyl (C=O) groups excluding carboxylic acids is 1. The fraction of sp³-hybridized carbons (Fsp3) is 0.500. The Kier molecular flexibility index (Phi) is 4.97. The minimum atomic E-state index is -3.92. The zero-order valence-electron chi connectivity index (χ0n) is 9.53. The topological polar surface area (TPSA) is 60.4 Å². The Labute approximate surface area is 109 Å². The predicted octanol–water partition coefficient (Wildman–Crippen LogP) is 2.80. The molecule has 0 unspecified atom stereocenters. The molecule has 0 saturated carbocycles. The number of hydrogen-bond donors (Lipinski definition) is 0. The summed E-state index contributed by atoms with van der Waals surface area (Å²) < 4.78 is 27.8. The number of halogens is 1. The predicted molar refractivity (Wildman–Crippen MR) is 67.3 cm³/mol. The average Bonchev–Trinajstić information content (AvgIpc) is 2.69. The van der Waals surface area contributed by atoms with Gasteiger partial charge in [0.1, 0.15) is 9.77 Å². The lowest BCUT2D eigenvalue weighted by molar-refractivity contribution is 0.0506. The van der Waals surface area contributed by atoms with Crippen molar-refractivity contribution < 1.29 is 17.9 Å². The first-order valence-electron chi connectivity index (χ1n) is 5.13. The zero-order valence-corrected chi connectivity index (χ0v) is 11.9. The molecule has 1 rings (SSSR count). The summed E-state index contributed by atoms with van der Waals surface area (Å²) in [4.78, 5) is 11.6. The number of carbonyl (C=O) groups is 1. The van der Waals surface area contributed by atoms with Gasteiger partial charge in [-0.2, -0.15) is 0 Å². The van der Waals surface area contributed by atoms with Crippen LogP contribution in [0.15, 0.2) is 10.3 Å². The molecular formula is C10H13ClO4S2. The summed E-state index contributed by atoms with van der Waals surface area (Å²) in [5.74, 6) is -0.629. The summed E-state index contributed by atoms with van der Waals surface area (Å²) in [6.45, 7) is 3.92. The summed E-state index contributed by atoms with van der Waals surface area (Å²) in [6.07, 6.45) is 1.18. The van der Waals surface area contributed by atoms with E-state index in [1.807, 2.05) is 6.92 Å². The number of hydrogen-bond acceptors (Lipinski definition) is 5. The molecule has 0 bridgehead atoms. The lowest BCUT2D eigenvalue weighted by Gasteiger charge is -2.03. The molecule has 0 saturated heterocycles. The summed E-state index contributed by atoms with van der Waals surface area (Å²) in [5, 5.41) is 1.62. The van der Waals surface area contributed by atoms with Crippen LogP contribution in [0, 0.1) is 0 Å². The zero-order chi connectivity index (χ0) is 13.1. The molecule has 0 N–H and O–H groups in total. The molecule has 17 heavy (non-hydrogen) atoms. The maximum atomic E-state index is 11.7. The van der Waals surface area contributed by atoms with Gasteiger partial charge in [-0.3, -0.25) is 0 Å². The van der Waals surface area contributed by atoms with Crippen molar-refractivity contribution in [1.29, 1.82) is 0 Å². The molecule has 0 aliphatic rings. The molecule has 1 aromatic rings. The van der Waals surface area contributed by atoms with Gasteiger partial charge < -0.3 is 4.74 Å². The maximum Gasteiger partial charge on any atom is 0.349 e. The second kappa shape index (κ2) is 5.84. The van der Waals surface area contributed by atoms with E-state index in [-0.39, 0.29) is 16.4 Å². The van der Waals surface area contributed by atoms with E-state index in [4.69, 9.17) is 15.4 Å². The van der Waals surface area contributed by atoms with Crippen molar-refractivity contribution >= 4 is 37.0 Å². The molecule has 0 aromatic carbocycles. The standard InChI is InChI=1S/C10H13ClO4S2/c1-3-5-15-10(12)8-9(17(11,13)14)7(4-2)6-16-8/h6H,3-5H2,1-2H3. The second-order valence-corrected chi connectivity index (χ2v) is 6.73.